The zero-order valence-corrected chi connectivity index (χ0v) is 16.9. The number of aromatic amines is 1. The van der Waals surface area contributed by atoms with E-state index in [1.807, 2.05) is 4.90 Å². The van der Waals surface area contributed by atoms with Gasteiger partial charge in [-0.05, 0) is 31.6 Å². The van der Waals surface area contributed by atoms with Gasteiger partial charge in [-0.15, -0.1) is 11.6 Å². The van der Waals surface area contributed by atoms with Gasteiger partial charge in [-0.25, -0.2) is 0 Å². The lowest BCUT2D eigenvalue weighted by atomic mass is 9.95. The Bertz CT molecular complexity index is 878. The van der Waals surface area contributed by atoms with Crippen LogP contribution in [0.1, 0.15) is 43.1 Å². The molecule has 0 saturated heterocycles. The van der Waals surface area contributed by atoms with Crippen LogP contribution in [0.25, 0.3) is 5.57 Å². The summed E-state index contributed by atoms with van der Waals surface area (Å²) in [5, 5.41) is 8.02. The molecular weight excluding hydrogens is 381 g/mol. The third-order valence-electron chi connectivity index (χ3n) is 5.45. The Labute approximate surface area is 169 Å². The smallest absolute Gasteiger partial charge is 0.252 e. The molecule has 27 heavy (non-hydrogen) atoms. The third-order valence-corrected chi connectivity index (χ3v) is 6.28. The van der Waals surface area contributed by atoms with Gasteiger partial charge in [-0.1, -0.05) is 48.9 Å². The Morgan fingerprint density at radius 2 is 2.19 bits per heavy atom. The highest BCUT2D eigenvalue weighted by Gasteiger charge is 2.32. The second-order valence-electron chi connectivity index (χ2n) is 7.41. The minimum absolute atomic E-state index is 0.0353. The number of halogens is 2. The summed E-state index contributed by atoms with van der Waals surface area (Å²) in [5.41, 5.74) is 4.87. The van der Waals surface area contributed by atoms with Gasteiger partial charge in [0.1, 0.15) is 0 Å². The van der Waals surface area contributed by atoms with Crippen LogP contribution in [-0.4, -0.2) is 32.9 Å². The summed E-state index contributed by atoms with van der Waals surface area (Å²) in [5.74, 6) is 0.380. The zero-order valence-electron chi connectivity index (χ0n) is 15.3. The van der Waals surface area contributed by atoms with E-state index in [4.69, 9.17) is 23.2 Å². The number of fused-ring (bicyclic) bond motifs is 1. The van der Waals surface area contributed by atoms with Gasteiger partial charge >= 0.3 is 0 Å². The van der Waals surface area contributed by atoms with Crippen molar-refractivity contribution in [2.45, 2.75) is 44.5 Å². The van der Waals surface area contributed by atoms with Crippen LogP contribution in [0.4, 0.5) is 0 Å². The lowest BCUT2D eigenvalue weighted by Gasteiger charge is -2.30. The molecule has 0 radical (unpaired) electrons. The van der Waals surface area contributed by atoms with Crippen LogP contribution >= 0.6 is 23.2 Å². The Hall–Kier alpha value is -1.78. The first-order valence-corrected chi connectivity index (χ1v) is 10.3. The number of nitrogens with zero attached hydrogens (tertiary/aromatic N) is 2. The molecule has 0 aromatic carbocycles. The maximum absolute atomic E-state index is 13.0. The molecule has 4 nitrogen and oxygen atoms in total. The van der Waals surface area contributed by atoms with Gasteiger partial charge in [0.2, 0.25) is 0 Å². The van der Waals surface area contributed by atoms with Crippen LogP contribution < -0.4 is 0 Å². The standard InChI is InChI=1S/C21H23Cl2N3O/c1-13-4-2-5-14(9-8-13)20-15-10-11-26(12-18(15)24-25-20)21(27)19-16(22)6-3-7-17(19)23/h2,4-5,8-9,13,16H,3,6-7,10-12H2,1H3,(H,24,25)/t13-,16?/m1/s1. The van der Waals surface area contributed by atoms with Crippen LogP contribution in [0.2, 0.25) is 0 Å². The summed E-state index contributed by atoms with van der Waals surface area (Å²) < 4.78 is 0. The molecule has 1 aliphatic heterocycles. The number of rotatable bonds is 2. The van der Waals surface area contributed by atoms with E-state index in [2.05, 4.69) is 47.5 Å². The normalized spacial score (nSPS) is 25.3. The SMILES string of the molecule is C[C@@H]1C=CC=C(c2n[nH]c3c2CCN(C(=O)C2=C(Cl)CCCC2Cl)C3)C=C1. The molecule has 0 spiro atoms. The molecule has 2 aliphatic carbocycles. The number of carbonyl (C=O) groups excluding carboxylic acids is 1. The van der Waals surface area contributed by atoms with Gasteiger partial charge in [0, 0.05) is 28.3 Å². The Kier molecular flexibility index (Phi) is 5.29. The summed E-state index contributed by atoms with van der Waals surface area (Å²) in [6.07, 6.45) is 13.9. The van der Waals surface area contributed by atoms with Crippen molar-refractivity contribution in [1.29, 1.82) is 0 Å². The number of aromatic nitrogens is 2. The third kappa shape index (κ3) is 3.65. The van der Waals surface area contributed by atoms with Gasteiger partial charge < -0.3 is 4.90 Å². The molecule has 0 saturated carbocycles. The molecule has 142 valence electrons. The predicted octanol–water partition coefficient (Wildman–Crippen LogP) is 4.72. The van der Waals surface area contributed by atoms with E-state index in [9.17, 15) is 4.79 Å². The maximum atomic E-state index is 13.0. The summed E-state index contributed by atoms with van der Waals surface area (Å²) in [7, 11) is 0. The lowest BCUT2D eigenvalue weighted by molar-refractivity contribution is -0.128. The van der Waals surface area contributed by atoms with Crippen LogP contribution in [0.3, 0.4) is 0 Å². The molecule has 2 heterocycles. The van der Waals surface area contributed by atoms with Crippen molar-refractivity contribution in [2.75, 3.05) is 6.54 Å². The van der Waals surface area contributed by atoms with Gasteiger partial charge in [-0.3, -0.25) is 9.89 Å². The van der Waals surface area contributed by atoms with E-state index in [0.717, 1.165) is 42.6 Å². The largest absolute Gasteiger partial charge is 0.333 e. The van der Waals surface area contributed by atoms with Crippen molar-refractivity contribution in [3.05, 3.63) is 57.9 Å². The van der Waals surface area contributed by atoms with Crippen molar-refractivity contribution >= 4 is 34.7 Å². The molecule has 1 unspecified atom stereocenters. The van der Waals surface area contributed by atoms with E-state index >= 15 is 0 Å². The monoisotopic (exact) mass is 403 g/mol. The summed E-state index contributed by atoms with van der Waals surface area (Å²) in [4.78, 5) is 14.8. The minimum atomic E-state index is -0.285. The fraction of sp³-hybridized carbons (Fsp3) is 0.429. The number of alkyl halides is 1. The highest BCUT2D eigenvalue weighted by atomic mass is 35.5. The molecule has 3 aliphatic rings. The molecule has 1 aromatic rings. The summed E-state index contributed by atoms with van der Waals surface area (Å²) in [6.45, 7) is 3.32. The molecule has 6 heteroatoms. The highest BCUT2D eigenvalue weighted by Crippen LogP contribution is 2.34. The molecule has 1 aromatic heterocycles. The number of nitrogens with one attached hydrogen (secondary N) is 1. The van der Waals surface area contributed by atoms with E-state index in [0.29, 0.717) is 29.6 Å². The molecule has 1 N–H and O–H groups in total. The fourth-order valence-corrected chi connectivity index (χ4v) is 4.68. The van der Waals surface area contributed by atoms with E-state index < -0.39 is 0 Å². The summed E-state index contributed by atoms with van der Waals surface area (Å²) >= 11 is 12.7. The first-order chi connectivity index (χ1) is 13.0. The first-order valence-electron chi connectivity index (χ1n) is 9.49. The number of amides is 1. The van der Waals surface area contributed by atoms with Crippen molar-refractivity contribution in [3.8, 4) is 0 Å². The molecule has 2 atom stereocenters. The maximum Gasteiger partial charge on any atom is 0.252 e. The van der Waals surface area contributed by atoms with Crippen LogP contribution in [0.15, 0.2) is 41.0 Å². The fourth-order valence-electron chi connectivity index (χ4n) is 3.90. The Morgan fingerprint density at radius 1 is 1.33 bits per heavy atom. The number of H-pyrrole nitrogens is 1. The van der Waals surface area contributed by atoms with Gasteiger partial charge in [0.05, 0.1) is 23.3 Å². The Morgan fingerprint density at radius 3 is 3.00 bits per heavy atom. The van der Waals surface area contributed by atoms with Gasteiger partial charge in [0.25, 0.3) is 5.91 Å². The van der Waals surface area contributed by atoms with E-state index in [1.165, 1.54) is 5.56 Å². The van der Waals surface area contributed by atoms with Crippen molar-refractivity contribution in [3.63, 3.8) is 0 Å². The number of hydrogen-bond donors (Lipinski definition) is 1. The Balaban J connectivity index is 1.56. The van der Waals surface area contributed by atoms with Crippen molar-refractivity contribution in [2.24, 2.45) is 5.92 Å². The average Bonchev–Trinajstić information content (AvgIpc) is 2.95. The molecule has 0 bridgehead atoms. The number of hydrogen-bond acceptors (Lipinski definition) is 2. The van der Waals surface area contributed by atoms with Crippen molar-refractivity contribution in [1.82, 2.24) is 15.1 Å². The molecule has 0 fully saturated rings. The van der Waals surface area contributed by atoms with Gasteiger partial charge in [0.15, 0.2) is 0 Å². The highest BCUT2D eigenvalue weighted by molar-refractivity contribution is 6.35. The second-order valence-corrected chi connectivity index (χ2v) is 8.39. The summed E-state index contributed by atoms with van der Waals surface area (Å²) in [6, 6.07) is 0. The first kappa shape index (κ1) is 18.6. The van der Waals surface area contributed by atoms with E-state index in [1.54, 1.807) is 0 Å². The minimum Gasteiger partial charge on any atom is -0.333 e. The van der Waals surface area contributed by atoms with E-state index in [-0.39, 0.29) is 11.3 Å². The number of allylic oxidation sites excluding steroid dienone is 7. The van der Waals surface area contributed by atoms with Crippen molar-refractivity contribution < 1.29 is 4.79 Å². The van der Waals surface area contributed by atoms with Crippen LogP contribution in [0, 0.1) is 5.92 Å². The topological polar surface area (TPSA) is 49.0 Å². The number of carbonyl (C=O) groups is 1. The van der Waals surface area contributed by atoms with Gasteiger partial charge in [-0.2, -0.15) is 5.10 Å². The molecule has 1 amide bonds. The molecular formula is C21H23Cl2N3O. The zero-order chi connectivity index (χ0) is 19.0. The second kappa shape index (κ2) is 7.69. The predicted molar refractivity (Wildman–Crippen MR) is 110 cm³/mol. The average molecular weight is 404 g/mol. The van der Waals surface area contributed by atoms with Crippen LogP contribution in [0.5, 0.6) is 0 Å². The van der Waals surface area contributed by atoms with Crippen LogP contribution in [-0.2, 0) is 17.8 Å². The molecule has 4 rings (SSSR count). The lowest BCUT2D eigenvalue weighted by Crippen LogP contribution is -2.39. The quantitative estimate of drug-likeness (QED) is 0.725.